The van der Waals surface area contributed by atoms with Crippen molar-refractivity contribution in [1.82, 2.24) is 0 Å². The van der Waals surface area contributed by atoms with Crippen molar-refractivity contribution in [2.45, 2.75) is 40.0 Å². The molecule has 1 nitrogen and oxygen atoms in total. The average molecular weight is 242 g/mol. The first kappa shape index (κ1) is 13.9. The van der Waals surface area contributed by atoms with E-state index in [9.17, 15) is 8.78 Å². The Bertz CT molecular complexity index is 345. The third-order valence-electron chi connectivity index (χ3n) is 3.19. The summed E-state index contributed by atoms with van der Waals surface area (Å²) >= 11 is 0. The molecule has 1 aromatic rings. The number of hydrogen-bond donors (Lipinski definition) is 0. The summed E-state index contributed by atoms with van der Waals surface area (Å²) in [6.45, 7) is 6.58. The molecule has 1 rings (SSSR count). The summed E-state index contributed by atoms with van der Waals surface area (Å²) in [4.78, 5) is 0. The average Bonchev–Trinajstić information content (AvgIpc) is 2.29. The highest BCUT2D eigenvalue weighted by molar-refractivity contribution is 5.26. The molecule has 0 aromatic heterocycles. The Hall–Kier alpha value is -1.12. The molecule has 1 atom stereocenters. The Morgan fingerprint density at radius 3 is 2.24 bits per heavy atom. The fraction of sp³-hybridized carbons (Fsp3) is 0.571. The van der Waals surface area contributed by atoms with Crippen LogP contribution in [0.1, 0.15) is 40.0 Å². The summed E-state index contributed by atoms with van der Waals surface area (Å²) < 4.78 is 32.0. The summed E-state index contributed by atoms with van der Waals surface area (Å²) in [5.41, 5.74) is -0.0243. The van der Waals surface area contributed by atoms with Gasteiger partial charge in [0, 0.05) is 5.41 Å². The molecule has 1 aromatic carbocycles. The van der Waals surface area contributed by atoms with Crippen LogP contribution in [-0.4, -0.2) is 6.61 Å². The van der Waals surface area contributed by atoms with Gasteiger partial charge in [0.25, 0.3) is 0 Å². The van der Waals surface area contributed by atoms with Crippen LogP contribution in [0.15, 0.2) is 18.2 Å². The first-order valence-electron chi connectivity index (χ1n) is 6.09. The van der Waals surface area contributed by atoms with E-state index in [1.54, 1.807) is 0 Å². The van der Waals surface area contributed by atoms with Crippen molar-refractivity contribution < 1.29 is 13.5 Å². The second-order valence-corrected chi connectivity index (χ2v) is 4.75. The molecule has 96 valence electrons. The molecule has 0 aliphatic carbocycles. The maximum absolute atomic E-state index is 13.4. The van der Waals surface area contributed by atoms with Gasteiger partial charge in [-0.3, -0.25) is 0 Å². The highest BCUT2D eigenvalue weighted by atomic mass is 19.1. The molecular weight excluding hydrogens is 222 g/mol. The molecule has 1 unspecified atom stereocenters. The molecular formula is C14H20F2O. The largest absolute Gasteiger partial charge is 0.487 e. The predicted molar refractivity (Wildman–Crippen MR) is 65.2 cm³/mol. The Morgan fingerprint density at radius 1 is 1.18 bits per heavy atom. The van der Waals surface area contributed by atoms with Gasteiger partial charge in [0.05, 0.1) is 6.61 Å². The van der Waals surface area contributed by atoms with Gasteiger partial charge in [-0.2, -0.15) is 0 Å². The van der Waals surface area contributed by atoms with Crippen LogP contribution in [0.3, 0.4) is 0 Å². The first-order valence-corrected chi connectivity index (χ1v) is 6.09. The van der Waals surface area contributed by atoms with Crippen LogP contribution in [-0.2, 0) is 0 Å². The fourth-order valence-corrected chi connectivity index (χ4v) is 1.82. The van der Waals surface area contributed by atoms with E-state index < -0.39 is 11.6 Å². The zero-order valence-electron chi connectivity index (χ0n) is 10.7. The van der Waals surface area contributed by atoms with E-state index in [2.05, 4.69) is 20.8 Å². The van der Waals surface area contributed by atoms with Crippen molar-refractivity contribution in [3.8, 4) is 5.75 Å². The van der Waals surface area contributed by atoms with Gasteiger partial charge < -0.3 is 4.74 Å². The minimum absolute atomic E-state index is 0.0243. The molecule has 0 amide bonds. The van der Waals surface area contributed by atoms with Crippen LogP contribution in [0.5, 0.6) is 5.75 Å². The molecule has 3 heteroatoms. The quantitative estimate of drug-likeness (QED) is 0.710. The van der Waals surface area contributed by atoms with Crippen molar-refractivity contribution in [2.24, 2.45) is 5.41 Å². The molecule has 0 saturated heterocycles. The summed E-state index contributed by atoms with van der Waals surface area (Å²) in [7, 11) is 0. The third-order valence-corrected chi connectivity index (χ3v) is 3.19. The maximum atomic E-state index is 13.4. The van der Waals surface area contributed by atoms with Gasteiger partial charge in [-0.1, -0.05) is 33.3 Å². The van der Waals surface area contributed by atoms with E-state index in [4.69, 9.17) is 4.74 Å². The van der Waals surface area contributed by atoms with Gasteiger partial charge in [-0.15, -0.1) is 0 Å². The van der Waals surface area contributed by atoms with Gasteiger partial charge in [0.15, 0.2) is 17.4 Å². The molecule has 0 saturated carbocycles. The van der Waals surface area contributed by atoms with Crippen LogP contribution in [0.2, 0.25) is 0 Å². The number of para-hydroxylation sites is 1. The van der Waals surface area contributed by atoms with E-state index >= 15 is 0 Å². The van der Waals surface area contributed by atoms with Gasteiger partial charge in [-0.25, -0.2) is 8.78 Å². The monoisotopic (exact) mass is 242 g/mol. The second-order valence-electron chi connectivity index (χ2n) is 4.75. The van der Waals surface area contributed by atoms with Crippen LogP contribution >= 0.6 is 0 Å². The standard InChI is InChI=1S/C14H20F2O/c1-4-9-14(3,5-2)10-17-13-11(15)7-6-8-12(13)16/h6-8H,4-5,9-10H2,1-3H3. The van der Waals surface area contributed by atoms with Crippen molar-refractivity contribution in [1.29, 1.82) is 0 Å². The van der Waals surface area contributed by atoms with Crippen LogP contribution in [0.4, 0.5) is 8.78 Å². The van der Waals surface area contributed by atoms with Gasteiger partial charge >= 0.3 is 0 Å². The number of rotatable bonds is 6. The van der Waals surface area contributed by atoms with Crippen molar-refractivity contribution >= 4 is 0 Å². The third kappa shape index (κ3) is 3.69. The minimum Gasteiger partial charge on any atom is -0.487 e. The zero-order chi connectivity index (χ0) is 12.9. The summed E-state index contributed by atoms with van der Waals surface area (Å²) in [6, 6.07) is 3.76. The Kier molecular flexibility index (Phi) is 4.91. The lowest BCUT2D eigenvalue weighted by Gasteiger charge is -2.27. The zero-order valence-corrected chi connectivity index (χ0v) is 10.7. The summed E-state index contributed by atoms with van der Waals surface area (Å²) in [6.07, 6.45) is 2.95. The Morgan fingerprint density at radius 2 is 1.76 bits per heavy atom. The highest BCUT2D eigenvalue weighted by Crippen LogP contribution is 2.30. The lowest BCUT2D eigenvalue weighted by atomic mass is 9.84. The Labute approximate surface area is 102 Å². The van der Waals surface area contributed by atoms with E-state index in [1.807, 2.05) is 0 Å². The number of halogens is 2. The van der Waals surface area contributed by atoms with Gasteiger partial charge in [0.2, 0.25) is 0 Å². The minimum atomic E-state index is -0.639. The summed E-state index contributed by atoms with van der Waals surface area (Å²) in [5, 5.41) is 0. The van der Waals surface area contributed by atoms with Crippen molar-refractivity contribution in [3.63, 3.8) is 0 Å². The van der Waals surface area contributed by atoms with E-state index in [-0.39, 0.29) is 11.2 Å². The first-order chi connectivity index (χ1) is 8.02. The molecule has 0 aliphatic rings. The summed E-state index contributed by atoms with van der Waals surface area (Å²) in [5.74, 6) is -1.54. The maximum Gasteiger partial charge on any atom is 0.190 e. The molecule has 0 N–H and O–H groups in total. The number of ether oxygens (including phenoxy) is 1. The van der Waals surface area contributed by atoms with Crippen molar-refractivity contribution in [3.05, 3.63) is 29.8 Å². The molecule has 0 fully saturated rings. The van der Waals surface area contributed by atoms with Gasteiger partial charge in [-0.05, 0) is 25.0 Å². The second kappa shape index (κ2) is 5.99. The number of benzene rings is 1. The van der Waals surface area contributed by atoms with E-state index in [0.717, 1.165) is 19.3 Å². The van der Waals surface area contributed by atoms with Crippen LogP contribution < -0.4 is 4.74 Å². The SMILES string of the molecule is CCCC(C)(CC)COc1c(F)cccc1F. The molecule has 0 aliphatic heterocycles. The molecule has 0 radical (unpaired) electrons. The topological polar surface area (TPSA) is 9.23 Å². The lowest BCUT2D eigenvalue weighted by Crippen LogP contribution is -2.24. The van der Waals surface area contributed by atoms with Gasteiger partial charge in [0.1, 0.15) is 0 Å². The molecule has 17 heavy (non-hydrogen) atoms. The van der Waals surface area contributed by atoms with Crippen LogP contribution in [0, 0.1) is 17.0 Å². The smallest absolute Gasteiger partial charge is 0.190 e. The van der Waals surface area contributed by atoms with E-state index in [0.29, 0.717) is 6.61 Å². The molecule has 0 heterocycles. The lowest BCUT2D eigenvalue weighted by molar-refractivity contribution is 0.136. The normalized spacial score (nSPS) is 14.4. The van der Waals surface area contributed by atoms with Crippen LogP contribution in [0.25, 0.3) is 0 Å². The van der Waals surface area contributed by atoms with E-state index in [1.165, 1.54) is 18.2 Å². The van der Waals surface area contributed by atoms with Crippen molar-refractivity contribution in [2.75, 3.05) is 6.61 Å². The molecule has 0 bridgehead atoms. The number of hydrogen-bond acceptors (Lipinski definition) is 1. The highest BCUT2D eigenvalue weighted by Gasteiger charge is 2.23. The predicted octanol–water partition coefficient (Wildman–Crippen LogP) is 4.56. The Balaban J connectivity index is 2.72. The fourth-order valence-electron chi connectivity index (χ4n) is 1.82. The molecule has 0 spiro atoms.